The van der Waals surface area contributed by atoms with Gasteiger partial charge in [-0.25, -0.2) is 4.98 Å². The van der Waals surface area contributed by atoms with Crippen molar-refractivity contribution in [3.05, 3.63) is 48.3 Å². The number of carbonyl (C=O) groups is 2. The number of carbonyl (C=O) groups excluding carboxylic acids is 2. The van der Waals surface area contributed by atoms with Crippen LogP contribution in [0.3, 0.4) is 0 Å². The second kappa shape index (κ2) is 11.9. The summed E-state index contributed by atoms with van der Waals surface area (Å²) in [6.45, 7) is 3.53. The molecule has 0 radical (unpaired) electrons. The van der Waals surface area contributed by atoms with Crippen molar-refractivity contribution in [3.8, 4) is 5.75 Å². The van der Waals surface area contributed by atoms with E-state index in [2.05, 4.69) is 10.3 Å². The molecule has 11 heteroatoms. The Morgan fingerprint density at radius 1 is 1.05 bits per heavy atom. The molecular formula is C28H33F3N4O4. The molecule has 210 valence electrons. The van der Waals surface area contributed by atoms with E-state index in [1.54, 1.807) is 24.3 Å². The minimum atomic E-state index is -4.71. The van der Waals surface area contributed by atoms with Crippen LogP contribution in [0.25, 0.3) is 0 Å². The number of nitrogens with zero attached hydrogens (tertiary/aromatic N) is 3. The molecule has 3 aliphatic rings. The summed E-state index contributed by atoms with van der Waals surface area (Å²) in [5, 5.41) is 2.99. The van der Waals surface area contributed by atoms with Gasteiger partial charge in [-0.2, -0.15) is 13.2 Å². The number of hydrogen-bond acceptors (Lipinski definition) is 6. The van der Waals surface area contributed by atoms with Gasteiger partial charge < -0.3 is 19.7 Å². The molecule has 8 nitrogen and oxygen atoms in total. The molecule has 1 aromatic carbocycles. The Hall–Kier alpha value is -3.18. The maximum Gasteiger partial charge on any atom is 0.435 e. The smallest absolute Gasteiger partial charge is 0.435 e. The highest BCUT2D eigenvalue weighted by molar-refractivity contribution is 6.03. The highest BCUT2D eigenvalue weighted by atomic mass is 19.4. The van der Waals surface area contributed by atoms with Crippen molar-refractivity contribution in [2.24, 2.45) is 11.8 Å². The van der Waals surface area contributed by atoms with Gasteiger partial charge in [-0.1, -0.05) is 0 Å². The lowest BCUT2D eigenvalue weighted by molar-refractivity contribution is -0.140. The lowest BCUT2D eigenvalue weighted by atomic mass is 9.95. The van der Waals surface area contributed by atoms with E-state index in [0.29, 0.717) is 62.8 Å². The number of amides is 2. The second-order valence-electron chi connectivity index (χ2n) is 10.3. The average molecular weight is 547 g/mol. The van der Waals surface area contributed by atoms with Crippen molar-refractivity contribution in [3.63, 3.8) is 0 Å². The molecule has 3 fully saturated rings. The van der Waals surface area contributed by atoms with Gasteiger partial charge in [-0.3, -0.25) is 14.5 Å². The molecule has 2 aromatic rings. The number of likely N-dealkylation sites (tertiary alicyclic amines) is 1. The molecule has 3 saturated heterocycles. The number of nitrogens with one attached hydrogen (secondary N) is 1. The van der Waals surface area contributed by atoms with Gasteiger partial charge in [0.05, 0.1) is 11.6 Å². The molecule has 5 rings (SSSR count). The van der Waals surface area contributed by atoms with Gasteiger partial charge in [0.2, 0.25) is 11.8 Å². The number of halogens is 3. The van der Waals surface area contributed by atoms with Crippen LogP contribution in [-0.2, 0) is 20.5 Å². The first kappa shape index (κ1) is 27.4. The van der Waals surface area contributed by atoms with Crippen LogP contribution in [0, 0.1) is 11.8 Å². The van der Waals surface area contributed by atoms with Crippen LogP contribution >= 0.6 is 0 Å². The number of aromatic nitrogens is 1. The van der Waals surface area contributed by atoms with Crippen molar-refractivity contribution < 1.29 is 32.2 Å². The van der Waals surface area contributed by atoms with Crippen molar-refractivity contribution >= 4 is 23.2 Å². The third-order valence-corrected chi connectivity index (χ3v) is 7.64. The highest BCUT2D eigenvalue weighted by Crippen LogP contribution is 2.39. The van der Waals surface area contributed by atoms with E-state index < -0.39 is 23.7 Å². The van der Waals surface area contributed by atoms with E-state index in [9.17, 15) is 22.8 Å². The summed E-state index contributed by atoms with van der Waals surface area (Å²) in [6.07, 6.45) is 0.112. The van der Waals surface area contributed by atoms with Crippen LogP contribution < -0.4 is 15.0 Å². The Labute approximate surface area is 225 Å². The van der Waals surface area contributed by atoms with E-state index in [1.807, 2.05) is 4.90 Å². The fraction of sp³-hybridized carbons (Fsp3) is 0.536. The molecule has 0 unspecified atom stereocenters. The molecule has 39 heavy (non-hydrogen) atoms. The van der Waals surface area contributed by atoms with E-state index in [0.717, 1.165) is 37.2 Å². The molecule has 0 spiro atoms. The van der Waals surface area contributed by atoms with E-state index in [1.165, 1.54) is 12.1 Å². The van der Waals surface area contributed by atoms with Gasteiger partial charge in [0.25, 0.3) is 0 Å². The number of ether oxygens (including phenoxy) is 2. The fourth-order valence-electron chi connectivity index (χ4n) is 5.24. The maximum atomic E-state index is 13.7. The Balaban J connectivity index is 1.23. The Morgan fingerprint density at radius 3 is 2.36 bits per heavy atom. The summed E-state index contributed by atoms with van der Waals surface area (Å²) in [7, 11) is 0. The zero-order valence-corrected chi connectivity index (χ0v) is 21.7. The van der Waals surface area contributed by atoms with Crippen molar-refractivity contribution in [2.75, 3.05) is 44.3 Å². The summed E-state index contributed by atoms with van der Waals surface area (Å²) in [5.41, 5.74) is -1.09. The zero-order valence-electron chi connectivity index (χ0n) is 21.7. The first-order chi connectivity index (χ1) is 18.8. The van der Waals surface area contributed by atoms with Crippen LogP contribution in [0.1, 0.15) is 37.8 Å². The topological polar surface area (TPSA) is 84.0 Å². The van der Waals surface area contributed by atoms with Crippen LogP contribution in [0.5, 0.6) is 5.75 Å². The van der Waals surface area contributed by atoms with E-state index >= 15 is 0 Å². The molecule has 1 aromatic heterocycles. The molecule has 0 bridgehead atoms. The van der Waals surface area contributed by atoms with Gasteiger partial charge >= 0.3 is 6.18 Å². The molecule has 4 heterocycles. The predicted molar refractivity (Wildman–Crippen MR) is 138 cm³/mol. The van der Waals surface area contributed by atoms with Crippen LogP contribution in [0.2, 0.25) is 0 Å². The fourth-order valence-corrected chi connectivity index (χ4v) is 5.24. The number of pyridine rings is 1. The first-order valence-corrected chi connectivity index (χ1v) is 13.5. The molecular weight excluding hydrogens is 513 g/mol. The standard InChI is InChI=1S/C28H33F3N4O4/c29-28(30,31)26-24(2-1-11-33-26)35(27(37)20-17-32-18-20)21-3-5-22(6-4-21)39-23-7-12-34(13-8-23)25(36)16-19-9-14-38-15-10-19/h1-6,11,19-20,23,32H,7-10,12-18H2. The third-order valence-electron chi connectivity index (χ3n) is 7.64. The second-order valence-corrected chi connectivity index (χ2v) is 10.3. The number of rotatable bonds is 7. The lowest BCUT2D eigenvalue weighted by Gasteiger charge is -2.34. The van der Waals surface area contributed by atoms with E-state index in [-0.39, 0.29) is 17.7 Å². The Morgan fingerprint density at radius 2 is 1.74 bits per heavy atom. The largest absolute Gasteiger partial charge is 0.490 e. The minimum absolute atomic E-state index is 0.0723. The molecule has 2 amide bonds. The summed E-state index contributed by atoms with van der Waals surface area (Å²) in [6, 6.07) is 9.18. The number of anilines is 2. The normalized spacial score (nSPS) is 19.4. The zero-order chi connectivity index (χ0) is 27.4. The van der Waals surface area contributed by atoms with Gasteiger partial charge in [-0.15, -0.1) is 0 Å². The van der Waals surface area contributed by atoms with Crippen LogP contribution in [-0.4, -0.2) is 67.2 Å². The summed E-state index contributed by atoms with van der Waals surface area (Å²) in [5.74, 6) is 0.306. The van der Waals surface area contributed by atoms with Crippen molar-refractivity contribution in [2.45, 2.75) is 44.4 Å². The molecule has 0 saturated carbocycles. The number of alkyl halides is 3. The predicted octanol–water partition coefficient (Wildman–Crippen LogP) is 4.17. The summed E-state index contributed by atoms with van der Waals surface area (Å²) < 4.78 is 52.7. The SMILES string of the molecule is O=C(CC1CCOCC1)N1CCC(Oc2ccc(N(C(=O)C3CNC3)c3cccnc3C(F)(F)F)cc2)CC1. The number of benzene rings is 1. The van der Waals surface area contributed by atoms with Crippen LogP contribution in [0.15, 0.2) is 42.6 Å². The van der Waals surface area contributed by atoms with Gasteiger partial charge in [0, 0.05) is 70.5 Å². The van der Waals surface area contributed by atoms with Crippen molar-refractivity contribution in [1.29, 1.82) is 0 Å². The van der Waals surface area contributed by atoms with Crippen molar-refractivity contribution in [1.82, 2.24) is 15.2 Å². The molecule has 0 aliphatic carbocycles. The lowest BCUT2D eigenvalue weighted by Crippen LogP contribution is -2.51. The van der Waals surface area contributed by atoms with Gasteiger partial charge in [0.15, 0.2) is 5.69 Å². The minimum Gasteiger partial charge on any atom is -0.490 e. The number of hydrogen-bond donors (Lipinski definition) is 1. The molecule has 3 aliphatic heterocycles. The quantitative estimate of drug-likeness (QED) is 0.561. The van der Waals surface area contributed by atoms with E-state index in [4.69, 9.17) is 9.47 Å². The summed E-state index contributed by atoms with van der Waals surface area (Å²) in [4.78, 5) is 32.5. The third kappa shape index (κ3) is 6.52. The Kier molecular flexibility index (Phi) is 8.37. The van der Waals surface area contributed by atoms with Gasteiger partial charge in [0.1, 0.15) is 11.9 Å². The average Bonchev–Trinajstić information content (AvgIpc) is 2.89. The van der Waals surface area contributed by atoms with Crippen LogP contribution in [0.4, 0.5) is 24.5 Å². The monoisotopic (exact) mass is 546 g/mol. The first-order valence-electron chi connectivity index (χ1n) is 13.5. The highest BCUT2D eigenvalue weighted by Gasteiger charge is 2.40. The molecule has 1 N–H and O–H groups in total. The summed E-state index contributed by atoms with van der Waals surface area (Å²) >= 11 is 0. The molecule has 0 atom stereocenters. The number of piperidine rings is 1. The maximum absolute atomic E-state index is 13.7. The van der Waals surface area contributed by atoms with Gasteiger partial charge in [-0.05, 0) is 55.2 Å². The Bertz CT molecular complexity index is 1140.